The number of benzene rings is 3. The maximum Gasteiger partial charge on any atom is 0.339 e. The standard InChI is InChI=1S/C23H16ClN3O3S2/c24-17-8-9-19(26-31(28)22-7-3-5-16-14-25-11-10-18(16)22)20(13-17)27-32(29)23-12-15-4-1-2-6-21(15)30-23/h1-14,26-27H. The fourth-order valence-electron chi connectivity index (χ4n) is 3.30. The molecule has 0 aliphatic rings. The molecular formula is C23H16ClN3O3S2. The smallest absolute Gasteiger partial charge is 0.339 e. The average Bonchev–Trinajstić information content (AvgIpc) is 3.25. The summed E-state index contributed by atoms with van der Waals surface area (Å²) < 4.78 is 37.7. The molecule has 2 unspecified atom stereocenters. The first-order valence-electron chi connectivity index (χ1n) is 9.56. The molecule has 0 aliphatic carbocycles. The number of fused-ring (bicyclic) bond motifs is 2. The van der Waals surface area contributed by atoms with Crippen LogP contribution in [0.1, 0.15) is 0 Å². The zero-order valence-corrected chi connectivity index (χ0v) is 18.8. The summed E-state index contributed by atoms with van der Waals surface area (Å²) in [6.45, 7) is 0. The summed E-state index contributed by atoms with van der Waals surface area (Å²) in [6.07, 6.45) is 3.39. The van der Waals surface area contributed by atoms with Crippen molar-refractivity contribution in [2.75, 3.05) is 9.44 Å². The third-order valence-electron chi connectivity index (χ3n) is 4.81. The minimum Gasteiger partial charge on any atom is -0.588 e. The molecule has 6 nitrogen and oxygen atoms in total. The molecule has 0 amide bonds. The minimum absolute atomic E-state index is 0.278. The Bertz CT molecular complexity index is 1370. The van der Waals surface area contributed by atoms with E-state index in [4.69, 9.17) is 16.0 Å². The van der Waals surface area contributed by atoms with Gasteiger partial charge < -0.3 is 13.5 Å². The third kappa shape index (κ3) is 4.23. The van der Waals surface area contributed by atoms with Gasteiger partial charge in [0.1, 0.15) is 39.7 Å². The number of nitrogens with one attached hydrogen (secondary N) is 2. The molecule has 0 saturated heterocycles. The Morgan fingerprint density at radius 3 is 2.50 bits per heavy atom. The van der Waals surface area contributed by atoms with Gasteiger partial charge >= 0.3 is 5.09 Å². The molecule has 32 heavy (non-hydrogen) atoms. The van der Waals surface area contributed by atoms with Gasteiger partial charge in [-0.15, -0.1) is 0 Å². The van der Waals surface area contributed by atoms with Crippen molar-refractivity contribution < 1.29 is 13.5 Å². The van der Waals surface area contributed by atoms with E-state index in [1.807, 2.05) is 42.5 Å². The van der Waals surface area contributed by atoms with E-state index in [9.17, 15) is 9.11 Å². The Morgan fingerprint density at radius 2 is 1.62 bits per heavy atom. The molecule has 5 rings (SSSR count). The summed E-state index contributed by atoms with van der Waals surface area (Å²) in [5.41, 5.74) is 1.57. The molecule has 9 heteroatoms. The highest BCUT2D eigenvalue weighted by Crippen LogP contribution is 2.32. The van der Waals surface area contributed by atoms with Crippen molar-refractivity contribution in [3.8, 4) is 0 Å². The highest BCUT2D eigenvalue weighted by atomic mass is 35.5. The molecule has 0 bridgehead atoms. The molecule has 0 fully saturated rings. The number of para-hydroxylation sites is 1. The highest BCUT2D eigenvalue weighted by molar-refractivity contribution is 7.93. The van der Waals surface area contributed by atoms with Gasteiger partial charge in [0.25, 0.3) is 0 Å². The molecule has 2 atom stereocenters. The van der Waals surface area contributed by atoms with Crippen molar-refractivity contribution in [2.45, 2.75) is 9.99 Å². The van der Waals surface area contributed by atoms with Crippen LogP contribution in [-0.4, -0.2) is 14.1 Å². The van der Waals surface area contributed by atoms with Crippen molar-refractivity contribution in [3.63, 3.8) is 0 Å². The predicted molar refractivity (Wildman–Crippen MR) is 129 cm³/mol. The summed E-state index contributed by atoms with van der Waals surface area (Å²) >= 11 is 2.90. The van der Waals surface area contributed by atoms with Crippen LogP contribution in [0.5, 0.6) is 0 Å². The molecule has 2 heterocycles. The maximum atomic E-state index is 13.2. The second kappa shape index (κ2) is 8.93. The lowest BCUT2D eigenvalue weighted by Crippen LogP contribution is -2.17. The van der Waals surface area contributed by atoms with E-state index in [-0.39, 0.29) is 5.09 Å². The second-order valence-electron chi connectivity index (χ2n) is 6.89. The number of nitrogens with zero attached hydrogens (tertiary/aromatic N) is 1. The topological polar surface area (TPSA) is 96.2 Å². The lowest BCUT2D eigenvalue weighted by Gasteiger charge is -2.17. The molecule has 2 aromatic heterocycles. The van der Waals surface area contributed by atoms with Gasteiger partial charge in [0.15, 0.2) is 4.90 Å². The second-order valence-corrected chi connectivity index (χ2v) is 9.65. The summed E-state index contributed by atoms with van der Waals surface area (Å²) in [6, 6.07) is 21.5. The summed E-state index contributed by atoms with van der Waals surface area (Å²) in [7, 11) is 0. The maximum absolute atomic E-state index is 13.2. The van der Waals surface area contributed by atoms with E-state index >= 15 is 0 Å². The van der Waals surface area contributed by atoms with Gasteiger partial charge in [-0.3, -0.25) is 4.98 Å². The largest absolute Gasteiger partial charge is 0.588 e. The fourth-order valence-corrected chi connectivity index (χ4v) is 5.41. The summed E-state index contributed by atoms with van der Waals surface area (Å²) in [5.74, 6) is 0. The number of rotatable bonds is 6. The van der Waals surface area contributed by atoms with Crippen LogP contribution in [0.25, 0.3) is 21.7 Å². The van der Waals surface area contributed by atoms with Gasteiger partial charge in [-0.05, 0) is 36.4 Å². The van der Waals surface area contributed by atoms with E-state index < -0.39 is 22.7 Å². The van der Waals surface area contributed by atoms with E-state index in [2.05, 4.69) is 14.4 Å². The molecule has 160 valence electrons. The van der Waals surface area contributed by atoms with Crippen molar-refractivity contribution in [1.29, 1.82) is 0 Å². The lowest BCUT2D eigenvalue weighted by atomic mass is 10.2. The molecule has 2 N–H and O–H groups in total. The fraction of sp³-hybridized carbons (Fsp3) is 0. The van der Waals surface area contributed by atoms with E-state index in [1.165, 1.54) is 0 Å². The Hall–Kier alpha value is -2.88. The molecule has 5 aromatic rings. The first kappa shape index (κ1) is 21.0. The first-order chi connectivity index (χ1) is 15.6. The van der Waals surface area contributed by atoms with Gasteiger partial charge in [0, 0.05) is 39.6 Å². The van der Waals surface area contributed by atoms with Crippen molar-refractivity contribution in [2.24, 2.45) is 0 Å². The SMILES string of the molecule is [O-][S+](Nc1cc(Cl)ccc1N[S+]([O-])c1cccc2cnccc12)c1cc2ccccc2o1. The third-order valence-corrected chi connectivity index (χ3v) is 7.18. The van der Waals surface area contributed by atoms with Crippen LogP contribution in [-0.2, 0) is 22.7 Å². The molecule has 0 aliphatic heterocycles. The van der Waals surface area contributed by atoms with E-state index in [0.717, 1.165) is 16.2 Å². The van der Waals surface area contributed by atoms with E-state index in [0.29, 0.717) is 26.9 Å². The van der Waals surface area contributed by atoms with E-state index in [1.54, 1.807) is 42.7 Å². The molecule has 3 aromatic carbocycles. The highest BCUT2D eigenvalue weighted by Gasteiger charge is 2.22. The van der Waals surface area contributed by atoms with Crippen LogP contribution in [0.3, 0.4) is 0 Å². The van der Waals surface area contributed by atoms with Crippen LogP contribution in [0, 0.1) is 0 Å². The normalized spacial score (nSPS) is 13.2. The Balaban J connectivity index is 1.42. The van der Waals surface area contributed by atoms with Crippen LogP contribution in [0.2, 0.25) is 5.02 Å². The number of anilines is 2. The van der Waals surface area contributed by atoms with Crippen LogP contribution in [0.15, 0.2) is 99.6 Å². The Labute approximate surface area is 195 Å². The summed E-state index contributed by atoms with van der Waals surface area (Å²) in [4.78, 5) is 4.73. The van der Waals surface area contributed by atoms with Crippen LogP contribution in [0.4, 0.5) is 11.4 Å². The summed E-state index contributed by atoms with van der Waals surface area (Å²) in [5, 5.41) is 3.30. The number of hydrogen-bond acceptors (Lipinski definition) is 6. The minimum atomic E-state index is -1.69. The Kier molecular flexibility index (Phi) is 5.86. The lowest BCUT2D eigenvalue weighted by molar-refractivity contribution is 0.484. The molecule has 0 radical (unpaired) electrons. The Morgan fingerprint density at radius 1 is 0.812 bits per heavy atom. The van der Waals surface area contributed by atoms with Gasteiger partial charge in [0.05, 0.1) is 0 Å². The van der Waals surface area contributed by atoms with Crippen LogP contribution >= 0.6 is 11.6 Å². The zero-order valence-electron chi connectivity index (χ0n) is 16.4. The monoisotopic (exact) mass is 481 g/mol. The van der Waals surface area contributed by atoms with Gasteiger partial charge in [-0.2, -0.15) is 4.72 Å². The van der Waals surface area contributed by atoms with Crippen molar-refractivity contribution in [3.05, 3.63) is 90.2 Å². The van der Waals surface area contributed by atoms with Crippen molar-refractivity contribution in [1.82, 2.24) is 4.98 Å². The first-order valence-corrected chi connectivity index (χ1v) is 12.2. The van der Waals surface area contributed by atoms with Gasteiger partial charge in [-0.25, -0.2) is 4.72 Å². The molecule has 0 saturated carbocycles. The van der Waals surface area contributed by atoms with Crippen molar-refractivity contribution >= 4 is 67.4 Å². The molecular weight excluding hydrogens is 466 g/mol. The number of halogens is 1. The molecule has 0 spiro atoms. The van der Waals surface area contributed by atoms with Gasteiger partial charge in [0.2, 0.25) is 0 Å². The number of furan rings is 1. The quantitative estimate of drug-likeness (QED) is 0.293. The average molecular weight is 482 g/mol. The predicted octanol–water partition coefficient (Wildman–Crippen LogP) is 5.90. The van der Waals surface area contributed by atoms with Gasteiger partial charge in [-0.1, -0.05) is 41.9 Å². The van der Waals surface area contributed by atoms with Crippen LogP contribution < -0.4 is 9.44 Å². The zero-order chi connectivity index (χ0) is 22.1. The number of pyridine rings is 1. The number of hydrogen-bond donors (Lipinski definition) is 2. The number of aromatic nitrogens is 1.